The van der Waals surface area contributed by atoms with Crippen LogP contribution in [0.5, 0.6) is 0 Å². The van der Waals surface area contributed by atoms with Crippen molar-refractivity contribution < 1.29 is 4.39 Å². The van der Waals surface area contributed by atoms with Crippen molar-refractivity contribution in [2.45, 2.75) is 20.3 Å². The number of hydrogen-bond donors (Lipinski definition) is 0. The second-order valence-electron chi connectivity index (χ2n) is 3.12. The van der Waals surface area contributed by atoms with Crippen LogP contribution in [0.4, 0.5) is 4.39 Å². The van der Waals surface area contributed by atoms with Crippen molar-refractivity contribution in [1.29, 1.82) is 0 Å². The minimum absolute atomic E-state index is 0.138. The van der Waals surface area contributed by atoms with E-state index in [9.17, 15) is 4.39 Å². The smallest absolute Gasteiger partial charge is 0.127 e. The highest BCUT2D eigenvalue weighted by Gasteiger charge is 2.01. The van der Waals surface area contributed by atoms with Gasteiger partial charge in [0.15, 0.2) is 0 Å². The molecule has 11 heavy (non-hydrogen) atoms. The molecule has 0 aliphatic carbocycles. The lowest BCUT2D eigenvalue weighted by molar-refractivity contribution is 0.574. The average molecular weight is 151 g/mol. The van der Waals surface area contributed by atoms with Crippen molar-refractivity contribution in [2.24, 2.45) is 5.92 Å². The molecule has 0 bridgehead atoms. The quantitative estimate of drug-likeness (QED) is 0.609. The molecule has 0 aliphatic heterocycles. The largest absolute Gasteiger partial charge is 0.207 e. The Hall–Kier alpha value is -0.850. The minimum Gasteiger partial charge on any atom is -0.207 e. The maximum Gasteiger partial charge on any atom is 0.127 e. The summed E-state index contributed by atoms with van der Waals surface area (Å²) in [4.78, 5) is 0. The van der Waals surface area contributed by atoms with Crippen molar-refractivity contribution in [3.05, 3.63) is 35.6 Å². The van der Waals surface area contributed by atoms with E-state index in [1.807, 2.05) is 0 Å². The van der Waals surface area contributed by atoms with Gasteiger partial charge in [-0.25, -0.2) is 4.39 Å². The van der Waals surface area contributed by atoms with Crippen LogP contribution in [0.3, 0.4) is 0 Å². The van der Waals surface area contributed by atoms with Gasteiger partial charge < -0.3 is 0 Å². The lowest BCUT2D eigenvalue weighted by Crippen LogP contribution is -1.96. The Bertz CT molecular complexity index is 228. The number of benzene rings is 1. The van der Waals surface area contributed by atoms with Crippen LogP contribution in [-0.2, 0) is 6.42 Å². The maximum absolute atomic E-state index is 12.9. The summed E-state index contributed by atoms with van der Waals surface area (Å²) in [5.41, 5.74) is 0.791. The molecule has 59 valence electrons. The van der Waals surface area contributed by atoms with Gasteiger partial charge in [0.1, 0.15) is 5.82 Å². The third-order valence-corrected chi connectivity index (χ3v) is 1.53. The van der Waals surface area contributed by atoms with E-state index in [-0.39, 0.29) is 5.82 Å². The molecule has 0 spiro atoms. The molecular formula is C10H12F. The summed E-state index contributed by atoms with van der Waals surface area (Å²) in [5.74, 6) is 0.369. The number of halogens is 1. The Morgan fingerprint density at radius 2 is 2.27 bits per heavy atom. The van der Waals surface area contributed by atoms with E-state index in [0.717, 1.165) is 12.0 Å². The fraction of sp³-hybridized carbons (Fsp3) is 0.400. The number of hydrogen-bond acceptors (Lipinski definition) is 0. The summed E-state index contributed by atoms with van der Waals surface area (Å²) < 4.78 is 12.9. The molecule has 0 saturated carbocycles. The van der Waals surface area contributed by atoms with Gasteiger partial charge in [-0.1, -0.05) is 26.0 Å². The van der Waals surface area contributed by atoms with Crippen LogP contribution in [0, 0.1) is 17.8 Å². The molecule has 0 heterocycles. The van der Waals surface area contributed by atoms with Gasteiger partial charge in [-0.05, 0) is 30.0 Å². The Morgan fingerprint density at radius 3 is 2.82 bits per heavy atom. The lowest BCUT2D eigenvalue weighted by atomic mass is 10.0. The van der Waals surface area contributed by atoms with Crippen molar-refractivity contribution in [3.63, 3.8) is 0 Å². The molecule has 0 saturated heterocycles. The van der Waals surface area contributed by atoms with Crippen LogP contribution in [0.1, 0.15) is 19.4 Å². The molecule has 0 amide bonds. The molecule has 1 heteroatoms. The topological polar surface area (TPSA) is 0 Å². The van der Waals surface area contributed by atoms with E-state index in [1.54, 1.807) is 12.1 Å². The molecule has 1 aromatic rings. The molecular weight excluding hydrogens is 139 g/mol. The first-order valence-electron chi connectivity index (χ1n) is 3.84. The first-order valence-corrected chi connectivity index (χ1v) is 3.84. The van der Waals surface area contributed by atoms with Crippen LogP contribution in [-0.4, -0.2) is 0 Å². The van der Waals surface area contributed by atoms with Gasteiger partial charge in [0.25, 0.3) is 0 Å². The summed E-state index contributed by atoms with van der Waals surface area (Å²) in [6.45, 7) is 4.16. The standard InChI is InChI=1S/C10H12F/c1-8(2)7-9-5-3-4-6-10(9)11/h3,5-6,8H,7H2,1-2H3. The Kier molecular flexibility index (Phi) is 2.64. The Morgan fingerprint density at radius 1 is 1.55 bits per heavy atom. The first-order chi connectivity index (χ1) is 5.20. The van der Waals surface area contributed by atoms with Gasteiger partial charge in [-0.2, -0.15) is 0 Å². The third kappa shape index (κ3) is 2.34. The van der Waals surface area contributed by atoms with E-state index in [0.29, 0.717) is 5.92 Å². The molecule has 1 radical (unpaired) electrons. The molecule has 0 unspecified atom stereocenters. The number of rotatable bonds is 2. The molecule has 0 N–H and O–H groups in total. The molecule has 0 nitrogen and oxygen atoms in total. The Labute approximate surface area is 67.1 Å². The predicted octanol–water partition coefficient (Wildman–Crippen LogP) is 2.82. The summed E-state index contributed by atoms with van der Waals surface area (Å²) in [7, 11) is 0. The highest BCUT2D eigenvalue weighted by Crippen LogP contribution is 2.11. The molecule has 1 aromatic carbocycles. The highest BCUT2D eigenvalue weighted by molar-refractivity contribution is 5.16. The summed E-state index contributed by atoms with van der Waals surface area (Å²) in [6.07, 6.45) is 0.806. The zero-order valence-electron chi connectivity index (χ0n) is 6.89. The van der Waals surface area contributed by atoms with Crippen LogP contribution in [0.25, 0.3) is 0 Å². The highest BCUT2D eigenvalue weighted by atomic mass is 19.1. The van der Waals surface area contributed by atoms with Crippen molar-refractivity contribution in [2.75, 3.05) is 0 Å². The fourth-order valence-electron chi connectivity index (χ4n) is 1.05. The summed E-state index contributed by atoms with van der Waals surface area (Å²) >= 11 is 0. The third-order valence-electron chi connectivity index (χ3n) is 1.53. The van der Waals surface area contributed by atoms with Crippen LogP contribution >= 0.6 is 0 Å². The normalized spacial score (nSPS) is 10.5. The van der Waals surface area contributed by atoms with Gasteiger partial charge in [-0.15, -0.1) is 0 Å². The summed E-state index contributed by atoms with van der Waals surface area (Å²) in [5, 5.41) is 0. The molecule has 0 aromatic heterocycles. The van der Waals surface area contributed by atoms with Gasteiger partial charge in [-0.3, -0.25) is 0 Å². The van der Waals surface area contributed by atoms with Gasteiger partial charge in [0, 0.05) is 0 Å². The molecule has 0 fully saturated rings. The predicted molar refractivity (Wildman–Crippen MR) is 43.8 cm³/mol. The molecule has 0 aliphatic rings. The van der Waals surface area contributed by atoms with Gasteiger partial charge in [0.05, 0.1) is 0 Å². The SMILES string of the molecule is CC(C)Cc1cc[c]cc1F. The van der Waals surface area contributed by atoms with Crippen LogP contribution < -0.4 is 0 Å². The van der Waals surface area contributed by atoms with Gasteiger partial charge in [0.2, 0.25) is 0 Å². The van der Waals surface area contributed by atoms with E-state index in [4.69, 9.17) is 0 Å². The van der Waals surface area contributed by atoms with Crippen molar-refractivity contribution in [3.8, 4) is 0 Å². The zero-order chi connectivity index (χ0) is 8.27. The van der Waals surface area contributed by atoms with Crippen molar-refractivity contribution in [1.82, 2.24) is 0 Å². The second kappa shape index (κ2) is 3.51. The van der Waals surface area contributed by atoms with E-state index in [1.165, 1.54) is 6.07 Å². The minimum atomic E-state index is -0.138. The van der Waals surface area contributed by atoms with E-state index < -0.39 is 0 Å². The van der Waals surface area contributed by atoms with Crippen LogP contribution in [0.2, 0.25) is 0 Å². The van der Waals surface area contributed by atoms with E-state index in [2.05, 4.69) is 19.9 Å². The Balaban J connectivity index is 2.78. The average Bonchev–Trinajstić information content (AvgIpc) is 1.93. The first kappa shape index (κ1) is 8.25. The summed E-state index contributed by atoms with van der Waals surface area (Å²) in [6, 6.07) is 7.62. The fourth-order valence-corrected chi connectivity index (χ4v) is 1.05. The molecule has 1 rings (SSSR count). The zero-order valence-corrected chi connectivity index (χ0v) is 6.89. The van der Waals surface area contributed by atoms with Gasteiger partial charge >= 0.3 is 0 Å². The maximum atomic E-state index is 12.9. The lowest BCUT2D eigenvalue weighted by Gasteiger charge is -2.04. The monoisotopic (exact) mass is 151 g/mol. The second-order valence-corrected chi connectivity index (χ2v) is 3.12. The van der Waals surface area contributed by atoms with E-state index >= 15 is 0 Å². The molecule has 0 atom stereocenters. The van der Waals surface area contributed by atoms with Crippen molar-refractivity contribution >= 4 is 0 Å². The van der Waals surface area contributed by atoms with Crippen LogP contribution in [0.15, 0.2) is 18.2 Å².